The van der Waals surface area contributed by atoms with Gasteiger partial charge in [-0.25, -0.2) is 0 Å². The van der Waals surface area contributed by atoms with Gasteiger partial charge in [0.25, 0.3) is 0 Å². The lowest BCUT2D eigenvalue weighted by Crippen LogP contribution is -2.42. The largest absolute Gasteiger partial charge is 0.329 e. The van der Waals surface area contributed by atoms with Gasteiger partial charge in [0.1, 0.15) is 0 Å². The first-order valence-electron chi connectivity index (χ1n) is 7.70. The summed E-state index contributed by atoms with van der Waals surface area (Å²) in [6.07, 6.45) is 5.99. The van der Waals surface area contributed by atoms with Gasteiger partial charge in [-0.05, 0) is 55.3 Å². The molecule has 1 aliphatic rings. The van der Waals surface area contributed by atoms with Gasteiger partial charge in [0.2, 0.25) is 0 Å². The van der Waals surface area contributed by atoms with Crippen LogP contribution in [0.25, 0.3) is 0 Å². The first-order valence-corrected chi connectivity index (χ1v) is 8.92. The van der Waals surface area contributed by atoms with E-state index in [2.05, 4.69) is 49.3 Å². The third-order valence-electron chi connectivity index (χ3n) is 5.02. The lowest BCUT2D eigenvalue weighted by atomic mass is 9.78. The molecule has 2 nitrogen and oxygen atoms in total. The minimum absolute atomic E-state index is 0.382. The van der Waals surface area contributed by atoms with E-state index in [0.717, 1.165) is 0 Å². The van der Waals surface area contributed by atoms with Gasteiger partial charge >= 0.3 is 0 Å². The highest BCUT2D eigenvalue weighted by Crippen LogP contribution is 2.36. The Morgan fingerprint density at radius 1 is 1.25 bits per heavy atom. The first-order chi connectivity index (χ1) is 9.61. The minimum Gasteiger partial charge on any atom is -0.329 e. The number of thioether (sulfide) groups is 1. The maximum absolute atomic E-state index is 6.06. The molecule has 1 saturated heterocycles. The van der Waals surface area contributed by atoms with Crippen molar-refractivity contribution in [2.75, 3.05) is 25.9 Å². The summed E-state index contributed by atoms with van der Waals surface area (Å²) in [6.45, 7) is 7.81. The third-order valence-corrected chi connectivity index (χ3v) is 5.77. The topological polar surface area (TPSA) is 29.3 Å². The summed E-state index contributed by atoms with van der Waals surface area (Å²) in [6, 6.07) is 9.30. The van der Waals surface area contributed by atoms with Gasteiger partial charge in [-0.3, -0.25) is 4.90 Å². The van der Waals surface area contributed by atoms with E-state index in [0.29, 0.717) is 18.0 Å². The number of rotatable bonds is 5. The Bertz CT molecular complexity index is 408. The molecule has 20 heavy (non-hydrogen) atoms. The highest BCUT2D eigenvalue weighted by molar-refractivity contribution is 7.98. The normalized spacial score (nSPS) is 20.8. The molecule has 2 rings (SSSR count). The third kappa shape index (κ3) is 3.57. The Morgan fingerprint density at radius 2 is 1.85 bits per heavy atom. The second-order valence-corrected chi connectivity index (χ2v) is 7.10. The van der Waals surface area contributed by atoms with Gasteiger partial charge in [-0.15, -0.1) is 11.8 Å². The molecule has 1 aliphatic heterocycles. The van der Waals surface area contributed by atoms with Crippen LogP contribution in [-0.2, 0) is 0 Å². The first kappa shape index (κ1) is 15.9. The highest BCUT2D eigenvalue weighted by Gasteiger charge is 2.31. The molecule has 0 aliphatic carbocycles. The summed E-state index contributed by atoms with van der Waals surface area (Å²) in [5, 5.41) is 0. The molecule has 0 amide bonds. The molecule has 1 fully saturated rings. The summed E-state index contributed by atoms with van der Waals surface area (Å²) in [5.74, 6) is 0. The van der Waals surface area contributed by atoms with Gasteiger partial charge in [0, 0.05) is 17.5 Å². The fourth-order valence-electron chi connectivity index (χ4n) is 3.05. The number of benzene rings is 1. The second-order valence-electron chi connectivity index (χ2n) is 6.22. The molecule has 0 saturated carbocycles. The van der Waals surface area contributed by atoms with Gasteiger partial charge < -0.3 is 5.73 Å². The van der Waals surface area contributed by atoms with Crippen molar-refractivity contribution in [1.82, 2.24) is 4.90 Å². The highest BCUT2D eigenvalue weighted by atomic mass is 32.2. The SMILES string of the molecule is CCC1(C)CCN(C(CN)c2ccc(SC)cc2)CC1. The van der Waals surface area contributed by atoms with E-state index >= 15 is 0 Å². The molecule has 0 bridgehead atoms. The van der Waals surface area contributed by atoms with E-state index in [4.69, 9.17) is 5.73 Å². The molecular formula is C17H28N2S. The van der Waals surface area contributed by atoms with Gasteiger partial charge in [-0.2, -0.15) is 0 Å². The standard InChI is InChI=1S/C17H28N2S/c1-4-17(2)9-11-19(12-10-17)16(13-18)14-5-7-15(20-3)8-6-14/h5-8,16H,4,9-13,18H2,1-3H3. The van der Waals surface area contributed by atoms with Crippen LogP contribution >= 0.6 is 11.8 Å². The van der Waals surface area contributed by atoms with Crippen molar-refractivity contribution in [2.45, 2.75) is 44.0 Å². The maximum atomic E-state index is 6.06. The van der Waals surface area contributed by atoms with Crippen LogP contribution in [0.5, 0.6) is 0 Å². The Balaban J connectivity index is 2.05. The van der Waals surface area contributed by atoms with Crippen molar-refractivity contribution in [1.29, 1.82) is 0 Å². The molecule has 1 unspecified atom stereocenters. The zero-order chi connectivity index (χ0) is 14.6. The lowest BCUT2D eigenvalue weighted by molar-refractivity contribution is 0.0829. The number of nitrogens with two attached hydrogens (primary N) is 1. The summed E-state index contributed by atoms with van der Waals surface area (Å²) in [5.41, 5.74) is 7.97. The van der Waals surface area contributed by atoms with Crippen LogP contribution in [0.1, 0.15) is 44.7 Å². The average Bonchev–Trinajstić information content (AvgIpc) is 2.51. The molecule has 112 valence electrons. The van der Waals surface area contributed by atoms with E-state index in [1.165, 1.54) is 42.8 Å². The Labute approximate surface area is 128 Å². The second kappa shape index (κ2) is 6.97. The Hall–Kier alpha value is -0.510. The van der Waals surface area contributed by atoms with Crippen LogP contribution in [0, 0.1) is 5.41 Å². The molecule has 3 heteroatoms. The summed E-state index contributed by atoms with van der Waals surface area (Å²) < 4.78 is 0. The number of nitrogens with zero attached hydrogens (tertiary/aromatic N) is 1. The molecule has 0 spiro atoms. The van der Waals surface area contributed by atoms with Crippen molar-refractivity contribution in [3.8, 4) is 0 Å². The van der Waals surface area contributed by atoms with E-state index < -0.39 is 0 Å². The number of piperidine rings is 1. The smallest absolute Gasteiger partial charge is 0.0470 e. The summed E-state index contributed by atoms with van der Waals surface area (Å²) in [4.78, 5) is 3.90. The number of hydrogen-bond acceptors (Lipinski definition) is 3. The summed E-state index contributed by atoms with van der Waals surface area (Å²) >= 11 is 1.79. The van der Waals surface area contributed by atoms with Crippen molar-refractivity contribution < 1.29 is 0 Å². The molecular weight excluding hydrogens is 264 g/mol. The van der Waals surface area contributed by atoms with Crippen molar-refractivity contribution in [3.05, 3.63) is 29.8 Å². The van der Waals surface area contributed by atoms with Crippen LogP contribution in [0.15, 0.2) is 29.2 Å². The van der Waals surface area contributed by atoms with Crippen LogP contribution < -0.4 is 5.73 Å². The average molecular weight is 292 g/mol. The van der Waals surface area contributed by atoms with E-state index in [1.54, 1.807) is 11.8 Å². The monoisotopic (exact) mass is 292 g/mol. The molecule has 0 radical (unpaired) electrons. The van der Waals surface area contributed by atoms with Crippen LogP contribution in [-0.4, -0.2) is 30.8 Å². The predicted octanol–water partition coefficient (Wildman–Crippen LogP) is 3.92. The van der Waals surface area contributed by atoms with E-state index in [-0.39, 0.29) is 0 Å². The van der Waals surface area contributed by atoms with Crippen molar-refractivity contribution in [2.24, 2.45) is 11.1 Å². The molecule has 1 aromatic rings. The van der Waals surface area contributed by atoms with Crippen LogP contribution in [0.4, 0.5) is 0 Å². The molecule has 1 aromatic carbocycles. The van der Waals surface area contributed by atoms with E-state index in [1.807, 2.05) is 0 Å². The summed E-state index contributed by atoms with van der Waals surface area (Å²) in [7, 11) is 0. The van der Waals surface area contributed by atoms with Crippen molar-refractivity contribution >= 4 is 11.8 Å². The number of likely N-dealkylation sites (tertiary alicyclic amines) is 1. The fourth-order valence-corrected chi connectivity index (χ4v) is 3.46. The molecule has 2 N–H and O–H groups in total. The maximum Gasteiger partial charge on any atom is 0.0470 e. The molecule has 1 heterocycles. The molecule has 1 atom stereocenters. The Kier molecular flexibility index (Phi) is 5.53. The predicted molar refractivity (Wildman–Crippen MR) is 89.2 cm³/mol. The van der Waals surface area contributed by atoms with Gasteiger partial charge in [0.15, 0.2) is 0 Å². The van der Waals surface area contributed by atoms with Crippen molar-refractivity contribution in [3.63, 3.8) is 0 Å². The lowest BCUT2D eigenvalue weighted by Gasteiger charge is -2.42. The van der Waals surface area contributed by atoms with Crippen LogP contribution in [0.2, 0.25) is 0 Å². The zero-order valence-corrected chi connectivity index (χ0v) is 13.9. The Morgan fingerprint density at radius 3 is 2.30 bits per heavy atom. The van der Waals surface area contributed by atoms with Gasteiger partial charge in [0.05, 0.1) is 0 Å². The molecule has 0 aromatic heterocycles. The quantitative estimate of drug-likeness (QED) is 0.834. The minimum atomic E-state index is 0.382. The fraction of sp³-hybridized carbons (Fsp3) is 0.647. The zero-order valence-electron chi connectivity index (χ0n) is 13.1. The number of hydrogen-bond donors (Lipinski definition) is 1. The van der Waals surface area contributed by atoms with Gasteiger partial charge in [-0.1, -0.05) is 32.4 Å². The van der Waals surface area contributed by atoms with Crippen LogP contribution in [0.3, 0.4) is 0 Å². The van der Waals surface area contributed by atoms with E-state index in [9.17, 15) is 0 Å².